The van der Waals surface area contributed by atoms with Crippen LogP contribution < -0.4 is 5.73 Å². The predicted molar refractivity (Wildman–Crippen MR) is 59.7 cm³/mol. The van der Waals surface area contributed by atoms with Crippen molar-refractivity contribution in [1.29, 1.82) is 0 Å². The summed E-state index contributed by atoms with van der Waals surface area (Å²) in [6, 6.07) is 0.969. The monoisotopic (exact) mass is 246 g/mol. The van der Waals surface area contributed by atoms with Crippen molar-refractivity contribution >= 4 is 0 Å². The first-order valence-corrected chi connectivity index (χ1v) is 5.88. The molecule has 0 saturated heterocycles. The number of hydrogen-bond donors (Lipinski definition) is 1. The summed E-state index contributed by atoms with van der Waals surface area (Å²) in [4.78, 5) is 0. The molecule has 96 valence electrons. The second-order valence-corrected chi connectivity index (χ2v) is 4.92. The van der Waals surface area contributed by atoms with Crippen LogP contribution in [0.4, 0.5) is 13.2 Å². The molecule has 0 spiro atoms. The molecule has 0 amide bonds. The fourth-order valence-corrected chi connectivity index (χ4v) is 2.61. The van der Waals surface area contributed by atoms with Crippen LogP contribution in [0.1, 0.15) is 55.6 Å². The van der Waals surface area contributed by atoms with Crippen LogP contribution in [0.15, 0.2) is 6.07 Å². The molecule has 0 radical (unpaired) electrons. The lowest BCUT2D eigenvalue weighted by Crippen LogP contribution is -2.22. The van der Waals surface area contributed by atoms with Gasteiger partial charge in [0.15, 0.2) is 0 Å². The van der Waals surface area contributed by atoms with E-state index < -0.39 is 11.7 Å². The normalized spacial score (nSPS) is 20.8. The number of rotatable bonds is 1. The molecule has 2 rings (SSSR count). The molecular formula is C12H17F3N2. The first-order chi connectivity index (χ1) is 7.82. The van der Waals surface area contributed by atoms with Crippen LogP contribution in [0.5, 0.6) is 0 Å². The highest BCUT2D eigenvalue weighted by atomic mass is 19.4. The Balaban J connectivity index is 2.61. The van der Waals surface area contributed by atoms with Gasteiger partial charge in [-0.15, -0.1) is 0 Å². The van der Waals surface area contributed by atoms with E-state index in [1.54, 1.807) is 18.4 Å². The minimum atomic E-state index is -4.29. The van der Waals surface area contributed by atoms with Crippen molar-refractivity contribution in [3.8, 4) is 0 Å². The van der Waals surface area contributed by atoms with Crippen molar-refractivity contribution in [2.75, 3.05) is 0 Å². The van der Waals surface area contributed by atoms with E-state index in [0.717, 1.165) is 12.8 Å². The molecule has 1 aromatic rings. The third-order valence-corrected chi connectivity index (χ3v) is 3.30. The lowest BCUT2D eigenvalue weighted by atomic mass is 10.1. The van der Waals surface area contributed by atoms with E-state index in [0.29, 0.717) is 17.9 Å². The Kier molecular flexibility index (Phi) is 2.97. The van der Waals surface area contributed by atoms with Crippen molar-refractivity contribution in [2.45, 2.75) is 51.4 Å². The number of fused-ring (bicyclic) bond motifs is 1. The smallest absolute Gasteiger partial charge is 0.346 e. The van der Waals surface area contributed by atoms with Gasteiger partial charge in [0.1, 0.15) is 0 Å². The highest BCUT2D eigenvalue weighted by molar-refractivity contribution is 5.35. The maximum Gasteiger partial charge on any atom is 0.418 e. The van der Waals surface area contributed by atoms with Crippen LogP contribution in [0.3, 0.4) is 0 Å². The summed E-state index contributed by atoms with van der Waals surface area (Å²) in [5.74, 6) is -0.148. The Labute approximate surface area is 98.6 Å². The number of aromatic nitrogens is 1. The Morgan fingerprint density at radius 2 is 2.06 bits per heavy atom. The highest BCUT2D eigenvalue weighted by Crippen LogP contribution is 2.40. The topological polar surface area (TPSA) is 30.9 Å². The van der Waals surface area contributed by atoms with E-state index >= 15 is 0 Å². The largest absolute Gasteiger partial charge is 0.418 e. The van der Waals surface area contributed by atoms with Gasteiger partial charge >= 0.3 is 6.18 Å². The molecule has 1 atom stereocenters. The van der Waals surface area contributed by atoms with E-state index in [9.17, 15) is 13.2 Å². The minimum Gasteiger partial charge on any atom is -0.346 e. The first kappa shape index (κ1) is 12.5. The summed E-state index contributed by atoms with van der Waals surface area (Å²) in [5, 5.41) is 0. The second kappa shape index (κ2) is 4.05. The summed E-state index contributed by atoms with van der Waals surface area (Å²) >= 11 is 0. The average molecular weight is 246 g/mol. The Bertz CT molecular complexity index is 418. The van der Waals surface area contributed by atoms with Crippen molar-refractivity contribution in [3.05, 3.63) is 23.0 Å². The average Bonchev–Trinajstić information content (AvgIpc) is 2.57. The summed E-state index contributed by atoms with van der Waals surface area (Å²) in [5.41, 5.74) is 6.38. The third kappa shape index (κ3) is 2.08. The van der Waals surface area contributed by atoms with Gasteiger partial charge in [0, 0.05) is 24.0 Å². The Hall–Kier alpha value is -0.970. The van der Waals surface area contributed by atoms with Gasteiger partial charge < -0.3 is 10.3 Å². The number of halogens is 3. The quantitative estimate of drug-likeness (QED) is 0.808. The minimum absolute atomic E-state index is 0.148. The molecule has 1 unspecified atom stereocenters. The SMILES string of the molecule is CC(C)c1c(C(F)(F)F)cc2n1CCCC2N. The Morgan fingerprint density at radius 3 is 2.59 bits per heavy atom. The highest BCUT2D eigenvalue weighted by Gasteiger charge is 2.38. The van der Waals surface area contributed by atoms with Gasteiger partial charge in [-0.2, -0.15) is 13.2 Å². The van der Waals surface area contributed by atoms with E-state index in [2.05, 4.69) is 0 Å². The maximum atomic E-state index is 13.0. The second-order valence-electron chi connectivity index (χ2n) is 4.92. The van der Waals surface area contributed by atoms with Gasteiger partial charge in [-0.25, -0.2) is 0 Å². The molecule has 0 bridgehead atoms. The van der Waals surface area contributed by atoms with Crippen LogP contribution >= 0.6 is 0 Å². The van der Waals surface area contributed by atoms with Crippen LogP contribution in [0, 0.1) is 0 Å². The first-order valence-electron chi connectivity index (χ1n) is 5.88. The van der Waals surface area contributed by atoms with Crippen molar-refractivity contribution in [2.24, 2.45) is 5.73 Å². The van der Waals surface area contributed by atoms with Gasteiger partial charge in [0.05, 0.1) is 5.56 Å². The number of hydrogen-bond acceptors (Lipinski definition) is 1. The summed E-state index contributed by atoms with van der Waals surface area (Å²) in [7, 11) is 0. The van der Waals surface area contributed by atoms with E-state index in [4.69, 9.17) is 5.73 Å². The zero-order chi connectivity index (χ0) is 12.8. The maximum absolute atomic E-state index is 13.0. The lowest BCUT2D eigenvalue weighted by molar-refractivity contribution is -0.138. The van der Waals surface area contributed by atoms with Gasteiger partial charge in [0.25, 0.3) is 0 Å². The standard InChI is InChI=1S/C12H17F3N2/c1-7(2)11-8(12(13,14)15)6-10-9(16)4-3-5-17(10)11/h6-7,9H,3-5,16H2,1-2H3. The van der Waals surface area contributed by atoms with Crippen molar-refractivity contribution in [1.82, 2.24) is 4.57 Å². The van der Waals surface area contributed by atoms with Gasteiger partial charge in [-0.3, -0.25) is 0 Å². The zero-order valence-electron chi connectivity index (χ0n) is 10.0. The molecule has 1 aromatic heterocycles. The van der Waals surface area contributed by atoms with Gasteiger partial charge in [0.2, 0.25) is 0 Å². The Morgan fingerprint density at radius 1 is 1.41 bits per heavy atom. The van der Waals surface area contributed by atoms with Crippen LogP contribution in [0.2, 0.25) is 0 Å². The molecule has 0 aromatic carbocycles. The summed E-state index contributed by atoms with van der Waals surface area (Å²) in [6.07, 6.45) is -2.68. The number of alkyl halides is 3. The zero-order valence-corrected chi connectivity index (χ0v) is 10.0. The lowest BCUT2D eigenvalue weighted by Gasteiger charge is -2.24. The summed E-state index contributed by atoms with van der Waals surface area (Å²) < 4.78 is 40.7. The van der Waals surface area contributed by atoms with Crippen LogP contribution in [-0.2, 0) is 12.7 Å². The third-order valence-electron chi connectivity index (χ3n) is 3.30. The molecule has 1 aliphatic heterocycles. The van der Waals surface area contributed by atoms with E-state index in [1.165, 1.54) is 6.07 Å². The molecule has 2 N–H and O–H groups in total. The molecule has 1 aliphatic rings. The molecule has 0 fully saturated rings. The van der Waals surface area contributed by atoms with Gasteiger partial charge in [-0.1, -0.05) is 13.8 Å². The van der Waals surface area contributed by atoms with E-state index in [-0.39, 0.29) is 12.0 Å². The van der Waals surface area contributed by atoms with Crippen LogP contribution in [0.25, 0.3) is 0 Å². The van der Waals surface area contributed by atoms with Crippen LogP contribution in [-0.4, -0.2) is 4.57 Å². The van der Waals surface area contributed by atoms with Crippen molar-refractivity contribution < 1.29 is 13.2 Å². The van der Waals surface area contributed by atoms with Crippen molar-refractivity contribution in [3.63, 3.8) is 0 Å². The predicted octanol–water partition coefficient (Wildman–Crippen LogP) is 3.42. The fourth-order valence-electron chi connectivity index (χ4n) is 2.61. The molecule has 0 aliphatic carbocycles. The molecule has 0 saturated carbocycles. The molecular weight excluding hydrogens is 229 g/mol. The number of nitrogens with zero attached hydrogens (tertiary/aromatic N) is 1. The van der Waals surface area contributed by atoms with Gasteiger partial charge in [-0.05, 0) is 24.8 Å². The summed E-state index contributed by atoms with van der Waals surface area (Å²) in [6.45, 7) is 4.22. The molecule has 2 heterocycles. The molecule has 5 heteroatoms. The molecule has 17 heavy (non-hydrogen) atoms. The van der Waals surface area contributed by atoms with E-state index in [1.807, 2.05) is 0 Å². The fraction of sp³-hybridized carbons (Fsp3) is 0.667. The number of nitrogens with two attached hydrogens (primary N) is 1. The molecule has 2 nitrogen and oxygen atoms in total.